The van der Waals surface area contributed by atoms with Gasteiger partial charge in [-0.2, -0.15) is 0 Å². The van der Waals surface area contributed by atoms with E-state index in [1.807, 2.05) is 0 Å². The van der Waals surface area contributed by atoms with E-state index in [0.717, 1.165) is 6.42 Å². The molecule has 2 N–H and O–H groups in total. The first-order chi connectivity index (χ1) is 16.2. The number of aryl methyl sites for hydroxylation is 2. The monoisotopic (exact) mass is 464 g/mol. The molecule has 1 fully saturated rings. The second-order valence-corrected chi connectivity index (χ2v) is 9.11. The van der Waals surface area contributed by atoms with Crippen LogP contribution in [0.4, 0.5) is 10.1 Å². The summed E-state index contributed by atoms with van der Waals surface area (Å²) in [5.74, 6) is -2.26. The largest absolute Gasteiger partial charge is 0.341 e. The van der Waals surface area contributed by atoms with Crippen LogP contribution in [0, 0.1) is 19.7 Å². The van der Waals surface area contributed by atoms with Crippen molar-refractivity contribution in [2.75, 3.05) is 5.32 Å². The van der Waals surface area contributed by atoms with Crippen molar-refractivity contribution in [1.29, 1.82) is 0 Å². The van der Waals surface area contributed by atoms with Crippen LogP contribution in [-0.4, -0.2) is 37.2 Å². The van der Waals surface area contributed by atoms with Crippen LogP contribution in [0.3, 0.4) is 0 Å². The number of fused-ring (bicyclic) bond motifs is 1. The number of nitrogens with one attached hydrogen (secondary N) is 2. The van der Waals surface area contributed by atoms with Crippen LogP contribution in [0.25, 0.3) is 0 Å². The van der Waals surface area contributed by atoms with Gasteiger partial charge in [-0.3, -0.25) is 19.1 Å². The van der Waals surface area contributed by atoms with Crippen LogP contribution < -0.4 is 10.6 Å². The Balaban J connectivity index is 1.42. The van der Waals surface area contributed by atoms with E-state index in [1.165, 1.54) is 6.07 Å². The number of anilines is 1. The van der Waals surface area contributed by atoms with Crippen molar-refractivity contribution in [2.45, 2.75) is 51.6 Å². The lowest BCUT2D eigenvalue weighted by Crippen LogP contribution is -2.40. The highest BCUT2D eigenvalue weighted by molar-refractivity contribution is 6.43. The van der Waals surface area contributed by atoms with Gasteiger partial charge >= 0.3 is 0 Å². The third-order valence-corrected chi connectivity index (χ3v) is 6.68. The first kappa shape index (κ1) is 22.0. The SMILES string of the molecule is Cc1ccc(NC(=O)c2c(C)c(C(=O)C(=O)NC3(c4cn(C)nn4)CC3)n3c2CCC3)cc1F. The first-order valence-corrected chi connectivity index (χ1v) is 11.2. The average Bonchev–Trinajstić information content (AvgIpc) is 3.08. The number of carbonyl (C=O) groups excluding carboxylic acids is 3. The molecule has 1 aromatic carbocycles. The third-order valence-electron chi connectivity index (χ3n) is 6.68. The third kappa shape index (κ3) is 3.59. The normalized spacial score (nSPS) is 15.6. The van der Waals surface area contributed by atoms with E-state index in [9.17, 15) is 18.8 Å². The number of benzene rings is 1. The Kier molecular flexibility index (Phi) is 5.11. The molecule has 0 radical (unpaired) electrons. The molecule has 0 atom stereocenters. The molecule has 2 aromatic heterocycles. The lowest BCUT2D eigenvalue weighted by molar-refractivity contribution is -0.118. The predicted octanol–water partition coefficient (Wildman–Crippen LogP) is 2.56. The molecule has 0 spiro atoms. The maximum Gasteiger partial charge on any atom is 0.294 e. The number of hydrogen-bond donors (Lipinski definition) is 2. The average molecular weight is 465 g/mol. The van der Waals surface area contributed by atoms with Crippen LogP contribution >= 0.6 is 0 Å². The van der Waals surface area contributed by atoms with Crippen molar-refractivity contribution in [2.24, 2.45) is 7.05 Å². The van der Waals surface area contributed by atoms with Crippen LogP contribution in [-0.2, 0) is 30.3 Å². The maximum atomic E-state index is 13.9. The Morgan fingerprint density at radius 3 is 2.59 bits per heavy atom. The zero-order valence-electron chi connectivity index (χ0n) is 19.2. The highest BCUT2D eigenvalue weighted by Gasteiger charge is 2.49. The molecule has 2 amide bonds. The van der Waals surface area contributed by atoms with Crippen LogP contribution in [0.1, 0.15) is 62.6 Å². The minimum Gasteiger partial charge on any atom is -0.341 e. The molecular formula is C24H25FN6O3. The van der Waals surface area contributed by atoms with E-state index in [-0.39, 0.29) is 5.69 Å². The summed E-state index contributed by atoms with van der Waals surface area (Å²) in [6.07, 6.45) is 4.46. The van der Waals surface area contributed by atoms with Crippen molar-refractivity contribution in [3.8, 4) is 0 Å². The molecule has 5 rings (SSSR count). The van der Waals surface area contributed by atoms with Gasteiger partial charge in [0.2, 0.25) is 0 Å². The zero-order chi connectivity index (χ0) is 24.2. The summed E-state index contributed by atoms with van der Waals surface area (Å²) in [7, 11) is 1.74. The summed E-state index contributed by atoms with van der Waals surface area (Å²) in [5.41, 5.74) is 2.51. The molecule has 3 heterocycles. The molecule has 3 aromatic rings. The topological polar surface area (TPSA) is 111 Å². The van der Waals surface area contributed by atoms with E-state index in [0.29, 0.717) is 59.6 Å². The van der Waals surface area contributed by atoms with Gasteiger partial charge in [-0.1, -0.05) is 11.3 Å². The van der Waals surface area contributed by atoms with Gasteiger partial charge in [-0.15, -0.1) is 5.10 Å². The van der Waals surface area contributed by atoms with Crippen LogP contribution in [0.15, 0.2) is 24.4 Å². The van der Waals surface area contributed by atoms with Gasteiger partial charge in [-0.25, -0.2) is 4.39 Å². The molecule has 176 valence electrons. The summed E-state index contributed by atoms with van der Waals surface area (Å²) < 4.78 is 17.3. The number of amides is 2. The Hall–Kier alpha value is -3.82. The van der Waals surface area contributed by atoms with E-state index in [4.69, 9.17) is 0 Å². The molecule has 1 aliphatic carbocycles. The summed E-state index contributed by atoms with van der Waals surface area (Å²) in [6.45, 7) is 3.86. The number of aromatic nitrogens is 4. The van der Waals surface area contributed by atoms with E-state index >= 15 is 0 Å². The molecule has 10 heteroatoms. The summed E-state index contributed by atoms with van der Waals surface area (Å²) >= 11 is 0. The molecule has 34 heavy (non-hydrogen) atoms. The number of carbonyl (C=O) groups is 3. The van der Waals surface area contributed by atoms with Gasteiger partial charge in [0.15, 0.2) is 0 Å². The highest BCUT2D eigenvalue weighted by atomic mass is 19.1. The quantitative estimate of drug-likeness (QED) is 0.430. The Morgan fingerprint density at radius 1 is 1.18 bits per heavy atom. The number of halogens is 1. The summed E-state index contributed by atoms with van der Waals surface area (Å²) in [4.78, 5) is 39.4. The van der Waals surface area contributed by atoms with Crippen molar-refractivity contribution < 1.29 is 18.8 Å². The van der Waals surface area contributed by atoms with Crippen molar-refractivity contribution in [3.05, 3.63) is 64.0 Å². The maximum absolute atomic E-state index is 13.9. The van der Waals surface area contributed by atoms with Gasteiger partial charge in [0.25, 0.3) is 17.6 Å². The minimum absolute atomic E-state index is 0.222. The molecule has 0 bridgehead atoms. The molecule has 1 saturated carbocycles. The fourth-order valence-corrected chi connectivity index (χ4v) is 4.70. The number of hydrogen-bond acceptors (Lipinski definition) is 5. The van der Waals surface area contributed by atoms with E-state index < -0.39 is 29.0 Å². The lowest BCUT2D eigenvalue weighted by Gasteiger charge is -2.14. The van der Waals surface area contributed by atoms with Crippen molar-refractivity contribution in [3.63, 3.8) is 0 Å². The highest BCUT2D eigenvalue weighted by Crippen LogP contribution is 2.44. The van der Waals surface area contributed by atoms with Gasteiger partial charge in [0.1, 0.15) is 11.5 Å². The van der Waals surface area contributed by atoms with Crippen molar-refractivity contribution >= 4 is 23.3 Å². The second kappa shape index (κ2) is 7.89. The first-order valence-electron chi connectivity index (χ1n) is 11.2. The fourth-order valence-electron chi connectivity index (χ4n) is 4.70. The van der Waals surface area contributed by atoms with Gasteiger partial charge in [-0.05, 0) is 62.8 Å². The minimum atomic E-state index is -0.731. The zero-order valence-corrected chi connectivity index (χ0v) is 19.2. The van der Waals surface area contributed by atoms with Crippen LogP contribution in [0.2, 0.25) is 0 Å². The number of nitrogens with zero attached hydrogens (tertiary/aromatic N) is 4. The standard InChI is InChI=1S/C24H25FN6O3/c1-13-6-7-15(11-16(13)25)26-22(33)19-14(2)20(31-10-4-5-17(19)31)21(32)23(34)27-24(8-9-24)18-12-30(3)29-28-18/h6-7,11-12H,4-5,8-10H2,1-3H3,(H,26,33)(H,27,34). The van der Waals surface area contributed by atoms with Crippen LogP contribution in [0.5, 0.6) is 0 Å². The van der Waals surface area contributed by atoms with Gasteiger partial charge in [0, 0.05) is 25.0 Å². The summed E-state index contributed by atoms with van der Waals surface area (Å²) in [5, 5.41) is 13.6. The Morgan fingerprint density at radius 2 is 1.94 bits per heavy atom. The van der Waals surface area contributed by atoms with Gasteiger partial charge in [0.05, 0.1) is 23.0 Å². The smallest absolute Gasteiger partial charge is 0.294 e. The molecular weight excluding hydrogens is 439 g/mol. The second-order valence-electron chi connectivity index (χ2n) is 9.11. The molecule has 0 unspecified atom stereocenters. The van der Waals surface area contributed by atoms with E-state index in [1.54, 1.807) is 48.5 Å². The van der Waals surface area contributed by atoms with Gasteiger partial charge < -0.3 is 15.2 Å². The number of rotatable bonds is 6. The molecule has 0 saturated heterocycles. The van der Waals surface area contributed by atoms with E-state index in [2.05, 4.69) is 20.9 Å². The Bertz CT molecular complexity index is 1350. The molecule has 2 aliphatic rings. The Labute approximate surface area is 195 Å². The molecule has 9 nitrogen and oxygen atoms in total. The summed E-state index contributed by atoms with van der Waals surface area (Å²) in [6, 6.07) is 4.48. The lowest BCUT2D eigenvalue weighted by atomic mass is 10.0. The number of ketones is 1. The number of Topliss-reactive ketones (excluding diaryl/α,β-unsaturated/α-hetero) is 1. The van der Waals surface area contributed by atoms with Crippen molar-refractivity contribution in [1.82, 2.24) is 24.9 Å². The fraction of sp³-hybridized carbons (Fsp3) is 0.375. The molecule has 1 aliphatic heterocycles. The predicted molar refractivity (Wildman–Crippen MR) is 121 cm³/mol.